The van der Waals surface area contributed by atoms with Gasteiger partial charge in [0.25, 0.3) is 0 Å². The summed E-state index contributed by atoms with van der Waals surface area (Å²) < 4.78 is 6.19. The van der Waals surface area contributed by atoms with Crippen molar-refractivity contribution < 1.29 is 14.9 Å². The Kier molecular flexibility index (Phi) is 7.33. The number of hydrogen-bond donors (Lipinski definition) is 2. The van der Waals surface area contributed by atoms with Crippen LogP contribution in [0.25, 0.3) is 0 Å². The van der Waals surface area contributed by atoms with Gasteiger partial charge >= 0.3 is 0 Å². The van der Waals surface area contributed by atoms with E-state index in [2.05, 4.69) is 44.7 Å². The molecule has 0 aromatic heterocycles. The van der Waals surface area contributed by atoms with Crippen LogP contribution in [0.4, 0.5) is 0 Å². The van der Waals surface area contributed by atoms with Gasteiger partial charge in [-0.05, 0) is 54.2 Å². The van der Waals surface area contributed by atoms with Crippen molar-refractivity contribution in [3.05, 3.63) is 107 Å². The fourth-order valence-electron chi connectivity index (χ4n) is 5.00. The van der Waals surface area contributed by atoms with E-state index < -0.39 is 5.41 Å². The van der Waals surface area contributed by atoms with Gasteiger partial charge in [0.1, 0.15) is 23.0 Å². The number of allylic oxidation sites excluding steroid dienone is 9. The molecule has 0 saturated carbocycles. The van der Waals surface area contributed by atoms with Crippen LogP contribution in [0.3, 0.4) is 0 Å². The Morgan fingerprint density at radius 3 is 1.94 bits per heavy atom. The lowest BCUT2D eigenvalue weighted by molar-refractivity contribution is 0.416. The van der Waals surface area contributed by atoms with Crippen molar-refractivity contribution in [2.24, 2.45) is 0 Å². The molecule has 3 heteroatoms. The SMILES string of the molecule is C=CC1=C(/C=C\C)C(CC)=C(/C=C\CC)C12c1ccc(O)cc1Oc1cc(O)ccc12.CC. The molecule has 1 spiro atoms. The molecule has 0 saturated heterocycles. The first-order valence-electron chi connectivity index (χ1n) is 11.8. The molecule has 172 valence electrons. The number of aromatic hydroxyl groups is 2. The fraction of sp³-hybridized carbons (Fsp3) is 0.267. The second-order valence-corrected chi connectivity index (χ2v) is 7.80. The Hall–Kier alpha value is -3.46. The summed E-state index contributed by atoms with van der Waals surface area (Å²) in [7, 11) is 0. The Bertz CT molecular complexity index is 1120. The van der Waals surface area contributed by atoms with E-state index in [-0.39, 0.29) is 11.5 Å². The molecule has 0 amide bonds. The summed E-state index contributed by atoms with van der Waals surface area (Å²) in [5.74, 6) is 1.44. The minimum Gasteiger partial charge on any atom is -0.508 e. The highest BCUT2D eigenvalue weighted by atomic mass is 16.5. The van der Waals surface area contributed by atoms with Crippen molar-refractivity contribution in [2.45, 2.75) is 52.9 Å². The highest BCUT2D eigenvalue weighted by molar-refractivity contribution is 5.79. The van der Waals surface area contributed by atoms with Gasteiger partial charge in [-0.1, -0.05) is 76.8 Å². The first-order valence-corrected chi connectivity index (χ1v) is 11.8. The molecule has 0 fully saturated rings. The van der Waals surface area contributed by atoms with E-state index >= 15 is 0 Å². The van der Waals surface area contributed by atoms with Crippen molar-refractivity contribution in [1.82, 2.24) is 0 Å². The maximum absolute atomic E-state index is 10.2. The summed E-state index contributed by atoms with van der Waals surface area (Å²) in [5.41, 5.74) is 5.97. The Morgan fingerprint density at radius 2 is 1.48 bits per heavy atom. The van der Waals surface area contributed by atoms with Gasteiger partial charge in [0.2, 0.25) is 0 Å². The first kappa shape index (κ1) is 24.2. The van der Waals surface area contributed by atoms with Gasteiger partial charge in [0.05, 0.1) is 5.41 Å². The average Bonchev–Trinajstić information content (AvgIpc) is 3.07. The predicted octanol–water partition coefficient (Wildman–Crippen LogP) is 8.26. The van der Waals surface area contributed by atoms with Crippen molar-refractivity contribution in [2.75, 3.05) is 0 Å². The number of benzene rings is 2. The van der Waals surface area contributed by atoms with Gasteiger partial charge in [-0.15, -0.1) is 0 Å². The van der Waals surface area contributed by atoms with E-state index in [0.717, 1.165) is 35.1 Å². The van der Waals surface area contributed by atoms with E-state index in [4.69, 9.17) is 4.74 Å². The summed E-state index contributed by atoms with van der Waals surface area (Å²) in [5, 5.41) is 20.4. The number of fused-ring (bicyclic) bond motifs is 4. The smallest absolute Gasteiger partial charge is 0.135 e. The third-order valence-corrected chi connectivity index (χ3v) is 6.12. The standard InChI is InChI=1S/C28H28O3.C2H6/c1-5-9-11-23-20(7-3)21(10-6-2)22(8-4)28(23)24-14-12-18(29)16-26(24)31-27-17-19(30)13-15-25(27)28;1-2/h6,8-17,29-30H,4-5,7H2,1-3H3;1-2H3/b10-6-,11-9-;. The molecular weight excluding hydrogens is 408 g/mol. The third kappa shape index (κ3) is 3.72. The lowest BCUT2D eigenvalue weighted by Crippen LogP contribution is -2.33. The zero-order valence-corrected chi connectivity index (χ0v) is 20.3. The molecule has 0 radical (unpaired) electrons. The van der Waals surface area contributed by atoms with E-state index in [1.807, 2.05) is 39.0 Å². The molecule has 1 aliphatic heterocycles. The van der Waals surface area contributed by atoms with Gasteiger partial charge in [-0.25, -0.2) is 0 Å². The molecule has 3 nitrogen and oxygen atoms in total. The normalized spacial score (nSPS) is 16.0. The van der Waals surface area contributed by atoms with Gasteiger partial charge in [-0.2, -0.15) is 0 Å². The predicted molar refractivity (Wildman–Crippen MR) is 137 cm³/mol. The van der Waals surface area contributed by atoms with E-state index in [9.17, 15) is 10.2 Å². The second-order valence-electron chi connectivity index (χ2n) is 7.80. The minimum absolute atomic E-state index is 0.138. The zero-order valence-electron chi connectivity index (χ0n) is 20.3. The maximum atomic E-state index is 10.2. The van der Waals surface area contributed by atoms with E-state index in [1.165, 1.54) is 11.1 Å². The van der Waals surface area contributed by atoms with Crippen LogP contribution in [0.1, 0.15) is 58.6 Å². The van der Waals surface area contributed by atoms with Gasteiger partial charge in [-0.3, -0.25) is 0 Å². The van der Waals surface area contributed by atoms with Crippen molar-refractivity contribution in [3.63, 3.8) is 0 Å². The Balaban J connectivity index is 0.00000149. The van der Waals surface area contributed by atoms with Crippen LogP contribution < -0.4 is 4.74 Å². The zero-order chi connectivity index (χ0) is 24.2. The molecule has 2 aromatic rings. The van der Waals surface area contributed by atoms with Crippen molar-refractivity contribution >= 4 is 0 Å². The lowest BCUT2D eigenvalue weighted by Gasteiger charge is -2.41. The average molecular weight is 443 g/mol. The molecule has 2 aliphatic rings. The molecule has 0 unspecified atom stereocenters. The molecule has 2 N–H and O–H groups in total. The number of ether oxygens (including phenoxy) is 1. The van der Waals surface area contributed by atoms with Crippen LogP contribution in [0.5, 0.6) is 23.0 Å². The van der Waals surface area contributed by atoms with Gasteiger partial charge < -0.3 is 14.9 Å². The third-order valence-electron chi connectivity index (χ3n) is 6.12. The maximum Gasteiger partial charge on any atom is 0.135 e. The van der Waals surface area contributed by atoms with E-state index in [0.29, 0.717) is 11.5 Å². The second kappa shape index (κ2) is 9.99. The molecule has 0 bridgehead atoms. The van der Waals surface area contributed by atoms with Crippen LogP contribution in [0, 0.1) is 0 Å². The molecule has 0 atom stereocenters. The molecule has 2 aromatic carbocycles. The topological polar surface area (TPSA) is 49.7 Å². The molecule has 1 aliphatic carbocycles. The first-order chi connectivity index (χ1) is 16.0. The van der Waals surface area contributed by atoms with E-state index in [1.54, 1.807) is 24.3 Å². The van der Waals surface area contributed by atoms with Crippen LogP contribution >= 0.6 is 0 Å². The largest absolute Gasteiger partial charge is 0.508 e. The summed E-state index contributed by atoms with van der Waals surface area (Å²) in [4.78, 5) is 0. The van der Waals surface area contributed by atoms with Crippen LogP contribution in [0.15, 0.2) is 95.6 Å². The van der Waals surface area contributed by atoms with Gasteiger partial charge in [0.15, 0.2) is 0 Å². The summed E-state index contributed by atoms with van der Waals surface area (Å²) in [6, 6.07) is 10.6. The number of phenolic OH excluding ortho intramolecular Hbond substituents is 2. The summed E-state index contributed by atoms with van der Waals surface area (Å²) in [6.45, 7) is 14.5. The Morgan fingerprint density at radius 1 is 0.909 bits per heavy atom. The lowest BCUT2D eigenvalue weighted by atomic mass is 9.64. The fourth-order valence-corrected chi connectivity index (χ4v) is 5.00. The minimum atomic E-state index is -0.641. The summed E-state index contributed by atoms with van der Waals surface area (Å²) >= 11 is 0. The van der Waals surface area contributed by atoms with Crippen LogP contribution in [0.2, 0.25) is 0 Å². The van der Waals surface area contributed by atoms with Gasteiger partial charge in [0, 0.05) is 23.3 Å². The number of phenols is 2. The number of hydrogen-bond acceptors (Lipinski definition) is 3. The highest BCUT2D eigenvalue weighted by Crippen LogP contribution is 2.62. The highest BCUT2D eigenvalue weighted by Gasteiger charge is 2.51. The van der Waals surface area contributed by atoms with Crippen LogP contribution in [-0.4, -0.2) is 10.2 Å². The monoisotopic (exact) mass is 442 g/mol. The molecule has 4 rings (SSSR count). The van der Waals surface area contributed by atoms with Crippen molar-refractivity contribution in [3.8, 4) is 23.0 Å². The van der Waals surface area contributed by atoms with Crippen molar-refractivity contribution in [1.29, 1.82) is 0 Å². The quantitative estimate of drug-likeness (QED) is 0.490. The molecule has 33 heavy (non-hydrogen) atoms. The Labute approximate surface area is 197 Å². The number of rotatable bonds is 5. The summed E-state index contributed by atoms with van der Waals surface area (Å²) in [6.07, 6.45) is 12.3. The van der Waals surface area contributed by atoms with Crippen LogP contribution in [-0.2, 0) is 5.41 Å². The molecular formula is C30H34O3. The molecule has 1 heterocycles.